The van der Waals surface area contributed by atoms with Crippen LogP contribution in [0, 0.1) is 20.8 Å². The molecule has 0 aliphatic rings. The third-order valence-electron chi connectivity index (χ3n) is 4.10. The highest BCUT2D eigenvalue weighted by Gasteiger charge is 2.33. The molecule has 0 bridgehead atoms. The molecule has 2 unspecified atom stereocenters. The van der Waals surface area contributed by atoms with Crippen LogP contribution in [0.1, 0.15) is 56.4 Å². The molecule has 0 radical (unpaired) electrons. The van der Waals surface area contributed by atoms with E-state index in [4.69, 9.17) is 0 Å². The Bertz CT molecular complexity index is 455. The van der Waals surface area contributed by atoms with E-state index in [0.29, 0.717) is 0 Å². The summed E-state index contributed by atoms with van der Waals surface area (Å²) >= 11 is 0. The summed E-state index contributed by atoms with van der Waals surface area (Å²) in [4.78, 5) is 0. The Morgan fingerprint density at radius 3 is 2.05 bits per heavy atom. The lowest BCUT2D eigenvalue weighted by Gasteiger charge is -2.35. The summed E-state index contributed by atoms with van der Waals surface area (Å²) in [5.41, 5.74) is 6.22. The van der Waals surface area contributed by atoms with E-state index in [2.05, 4.69) is 59.8 Å². The summed E-state index contributed by atoms with van der Waals surface area (Å²) in [5.74, 6) is 0. The number of hydrogen-bond acceptors (Lipinski definition) is 1. The van der Waals surface area contributed by atoms with Gasteiger partial charge in [-0.05, 0) is 64.7 Å². The van der Waals surface area contributed by atoms with Gasteiger partial charge in [0.1, 0.15) is 0 Å². The predicted molar refractivity (Wildman–Crippen MR) is 83.7 cm³/mol. The quantitative estimate of drug-likeness (QED) is 0.784. The van der Waals surface area contributed by atoms with E-state index in [-0.39, 0.29) is 11.5 Å². The van der Waals surface area contributed by atoms with Crippen molar-refractivity contribution in [2.75, 3.05) is 0 Å². The van der Waals surface area contributed by atoms with E-state index in [0.717, 1.165) is 6.42 Å². The zero-order valence-corrected chi connectivity index (χ0v) is 13.5. The number of allylic oxidation sites excluding steroid dienone is 2. The van der Waals surface area contributed by atoms with Gasteiger partial charge in [0.15, 0.2) is 0 Å². The first kappa shape index (κ1) is 16.0. The second-order valence-electron chi connectivity index (χ2n) is 6.35. The summed E-state index contributed by atoms with van der Waals surface area (Å²) in [7, 11) is 0. The molecule has 106 valence electrons. The zero-order valence-electron chi connectivity index (χ0n) is 13.5. The summed E-state index contributed by atoms with van der Waals surface area (Å²) in [5, 5.41) is 10.3. The van der Waals surface area contributed by atoms with Crippen molar-refractivity contribution in [1.29, 1.82) is 0 Å². The standard InChI is InChI=1S/C18H28O/c1-12(2)8-9-18(7,16(6)19)17-14(4)10-13(3)11-15(17)5/h8,10-11,16,19H,9H2,1-7H3. The minimum Gasteiger partial charge on any atom is -0.392 e. The maximum absolute atomic E-state index is 10.3. The lowest BCUT2D eigenvalue weighted by molar-refractivity contribution is 0.107. The molecular weight excluding hydrogens is 232 g/mol. The topological polar surface area (TPSA) is 20.2 Å². The summed E-state index contributed by atoms with van der Waals surface area (Å²) in [6.07, 6.45) is 2.73. The third-order valence-corrected chi connectivity index (χ3v) is 4.10. The largest absolute Gasteiger partial charge is 0.392 e. The maximum atomic E-state index is 10.3. The Hall–Kier alpha value is -1.08. The molecule has 2 atom stereocenters. The van der Waals surface area contributed by atoms with Crippen LogP contribution >= 0.6 is 0 Å². The molecule has 1 aromatic rings. The second-order valence-corrected chi connectivity index (χ2v) is 6.35. The number of aliphatic hydroxyl groups excluding tert-OH is 1. The van der Waals surface area contributed by atoms with Crippen LogP contribution in [0.5, 0.6) is 0 Å². The average molecular weight is 260 g/mol. The summed E-state index contributed by atoms with van der Waals surface area (Å²) in [6.45, 7) is 14.7. The molecule has 0 saturated carbocycles. The molecule has 0 fully saturated rings. The number of rotatable bonds is 4. The first-order valence-corrected chi connectivity index (χ1v) is 7.08. The van der Waals surface area contributed by atoms with Crippen LogP contribution in [0.25, 0.3) is 0 Å². The van der Waals surface area contributed by atoms with Gasteiger partial charge in [0.2, 0.25) is 0 Å². The van der Waals surface area contributed by atoms with Crippen molar-refractivity contribution < 1.29 is 5.11 Å². The van der Waals surface area contributed by atoms with Crippen LogP contribution in [0.3, 0.4) is 0 Å². The molecule has 1 N–H and O–H groups in total. The van der Waals surface area contributed by atoms with E-state index < -0.39 is 0 Å². The molecular formula is C18H28O. The minimum absolute atomic E-state index is 0.223. The smallest absolute Gasteiger partial charge is 0.0609 e. The van der Waals surface area contributed by atoms with Crippen molar-refractivity contribution >= 4 is 0 Å². The minimum atomic E-state index is -0.372. The van der Waals surface area contributed by atoms with Gasteiger partial charge in [-0.25, -0.2) is 0 Å². The molecule has 1 nitrogen and oxygen atoms in total. The Kier molecular flexibility index (Phi) is 4.98. The zero-order chi connectivity index (χ0) is 14.8. The SMILES string of the molecule is CC(C)=CCC(C)(c1c(C)cc(C)cc1C)C(C)O. The first-order valence-electron chi connectivity index (χ1n) is 7.08. The van der Waals surface area contributed by atoms with Gasteiger partial charge in [-0.15, -0.1) is 0 Å². The molecule has 1 aromatic carbocycles. The highest BCUT2D eigenvalue weighted by molar-refractivity contribution is 5.43. The fraction of sp³-hybridized carbons (Fsp3) is 0.556. The molecule has 0 aliphatic carbocycles. The van der Waals surface area contributed by atoms with Crippen LogP contribution in [-0.4, -0.2) is 11.2 Å². The molecule has 19 heavy (non-hydrogen) atoms. The normalized spacial score (nSPS) is 15.8. The van der Waals surface area contributed by atoms with Gasteiger partial charge in [-0.3, -0.25) is 0 Å². The third kappa shape index (κ3) is 3.48. The van der Waals surface area contributed by atoms with Crippen LogP contribution < -0.4 is 0 Å². The average Bonchev–Trinajstić information content (AvgIpc) is 2.24. The summed E-state index contributed by atoms with van der Waals surface area (Å²) < 4.78 is 0. The van der Waals surface area contributed by atoms with Gasteiger partial charge >= 0.3 is 0 Å². The summed E-state index contributed by atoms with van der Waals surface area (Å²) in [6, 6.07) is 4.43. The molecule has 0 aromatic heterocycles. The fourth-order valence-electron chi connectivity index (χ4n) is 2.98. The highest BCUT2D eigenvalue weighted by Crippen LogP contribution is 2.37. The van der Waals surface area contributed by atoms with Crippen LogP contribution in [0.2, 0.25) is 0 Å². The predicted octanol–water partition coefficient (Wildman–Crippen LogP) is 4.61. The fourth-order valence-corrected chi connectivity index (χ4v) is 2.98. The molecule has 0 aliphatic heterocycles. The van der Waals surface area contributed by atoms with Gasteiger partial charge in [-0.2, -0.15) is 0 Å². The Labute approximate surface area is 118 Å². The van der Waals surface area contributed by atoms with Crippen LogP contribution in [0.4, 0.5) is 0 Å². The Morgan fingerprint density at radius 2 is 1.68 bits per heavy atom. The molecule has 0 saturated heterocycles. The second kappa shape index (κ2) is 5.92. The number of hydrogen-bond donors (Lipinski definition) is 1. The van der Waals surface area contributed by atoms with E-state index >= 15 is 0 Å². The van der Waals surface area contributed by atoms with E-state index in [1.807, 2.05) is 6.92 Å². The molecule has 1 rings (SSSR count). The lowest BCUT2D eigenvalue weighted by Crippen LogP contribution is -2.35. The van der Waals surface area contributed by atoms with Crippen LogP contribution in [0.15, 0.2) is 23.8 Å². The first-order chi connectivity index (χ1) is 8.68. The Balaban J connectivity index is 3.38. The van der Waals surface area contributed by atoms with Crippen molar-refractivity contribution in [2.45, 2.75) is 66.4 Å². The van der Waals surface area contributed by atoms with Gasteiger partial charge in [0, 0.05) is 5.41 Å². The van der Waals surface area contributed by atoms with Crippen molar-refractivity contribution in [2.24, 2.45) is 0 Å². The van der Waals surface area contributed by atoms with Gasteiger partial charge in [-0.1, -0.05) is 36.3 Å². The highest BCUT2D eigenvalue weighted by atomic mass is 16.3. The molecule has 1 heteroatoms. The van der Waals surface area contributed by atoms with Gasteiger partial charge < -0.3 is 5.11 Å². The monoisotopic (exact) mass is 260 g/mol. The number of aliphatic hydroxyl groups is 1. The van der Waals surface area contributed by atoms with Gasteiger partial charge in [0.25, 0.3) is 0 Å². The van der Waals surface area contributed by atoms with Crippen molar-refractivity contribution in [3.63, 3.8) is 0 Å². The molecule has 0 heterocycles. The number of benzene rings is 1. The molecule has 0 spiro atoms. The maximum Gasteiger partial charge on any atom is 0.0609 e. The number of aryl methyl sites for hydroxylation is 3. The van der Waals surface area contributed by atoms with Crippen molar-refractivity contribution in [3.8, 4) is 0 Å². The van der Waals surface area contributed by atoms with E-state index in [1.165, 1.54) is 27.8 Å². The van der Waals surface area contributed by atoms with Crippen molar-refractivity contribution in [1.82, 2.24) is 0 Å². The van der Waals surface area contributed by atoms with Crippen molar-refractivity contribution in [3.05, 3.63) is 46.0 Å². The van der Waals surface area contributed by atoms with E-state index in [9.17, 15) is 5.11 Å². The lowest BCUT2D eigenvalue weighted by atomic mass is 9.71. The van der Waals surface area contributed by atoms with E-state index in [1.54, 1.807) is 0 Å². The molecule has 0 amide bonds. The van der Waals surface area contributed by atoms with Crippen LogP contribution in [-0.2, 0) is 5.41 Å². The Morgan fingerprint density at radius 1 is 1.21 bits per heavy atom. The van der Waals surface area contributed by atoms with Gasteiger partial charge in [0.05, 0.1) is 6.10 Å².